The van der Waals surface area contributed by atoms with Crippen molar-refractivity contribution in [2.45, 2.75) is 12.3 Å². The summed E-state index contributed by atoms with van der Waals surface area (Å²) in [5.41, 5.74) is 14.6. The second kappa shape index (κ2) is 3.50. The lowest BCUT2D eigenvalue weighted by Crippen LogP contribution is -2.14. The lowest BCUT2D eigenvalue weighted by Gasteiger charge is -2.13. The minimum absolute atomic E-state index is 0.559. The van der Waals surface area contributed by atoms with Crippen LogP contribution in [-0.4, -0.2) is 25.0 Å². The first-order valence-electron chi connectivity index (χ1n) is 5.00. The van der Waals surface area contributed by atoms with Gasteiger partial charge in [0, 0.05) is 17.9 Å². The van der Waals surface area contributed by atoms with Crippen molar-refractivity contribution in [3.63, 3.8) is 0 Å². The Balaban J connectivity index is 2.27. The SMILES string of the molecule is CN1CCC(c2cc(N)ccc2N)C1. The number of likely N-dealkylation sites (tertiary alicyclic amines) is 1. The number of benzene rings is 1. The van der Waals surface area contributed by atoms with Crippen LogP contribution in [0.4, 0.5) is 11.4 Å². The summed E-state index contributed by atoms with van der Waals surface area (Å²) >= 11 is 0. The zero-order chi connectivity index (χ0) is 10.1. The molecule has 0 spiro atoms. The number of rotatable bonds is 1. The maximum absolute atomic E-state index is 5.94. The molecule has 3 nitrogen and oxygen atoms in total. The van der Waals surface area contributed by atoms with Gasteiger partial charge in [-0.25, -0.2) is 0 Å². The summed E-state index contributed by atoms with van der Waals surface area (Å²) < 4.78 is 0. The van der Waals surface area contributed by atoms with Gasteiger partial charge in [0.15, 0.2) is 0 Å². The molecule has 1 atom stereocenters. The number of nitrogens with two attached hydrogens (primary N) is 2. The van der Waals surface area contributed by atoms with Gasteiger partial charge < -0.3 is 16.4 Å². The zero-order valence-corrected chi connectivity index (χ0v) is 8.53. The third kappa shape index (κ3) is 1.68. The molecule has 0 bridgehead atoms. The van der Waals surface area contributed by atoms with Crippen LogP contribution in [0.2, 0.25) is 0 Å². The first-order valence-corrected chi connectivity index (χ1v) is 5.00. The van der Waals surface area contributed by atoms with Crippen molar-refractivity contribution in [1.82, 2.24) is 4.90 Å². The average molecular weight is 191 g/mol. The summed E-state index contributed by atoms with van der Waals surface area (Å²) in [4.78, 5) is 2.33. The van der Waals surface area contributed by atoms with Crippen LogP contribution >= 0.6 is 0 Å². The van der Waals surface area contributed by atoms with Gasteiger partial charge in [0.25, 0.3) is 0 Å². The Morgan fingerprint density at radius 2 is 2.14 bits per heavy atom. The van der Waals surface area contributed by atoms with E-state index in [0.717, 1.165) is 24.5 Å². The van der Waals surface area contributed by atoms with Crippen molar-refractivity contribution in [1.29, 1.82) is 0 Å². The summed E-state index contributed by atoms with van der Waals surface area (Å²) in [6, 6.07) is 5.78. The molecular formula is C11H17N3. The molecule has 1 heterocycles. The van der Waals surface area contributed by atoms with E-state index < -0.39 is 0 Å². The van der Waals surface area contributed by atoms with Crippen molar-refractivity contribution in [2.75, 3.05) is 31.6 Å². The van der Waals surface area contributed by atoms with Crippen molar-refractivity contribution in [3.8, 4) is 0 Å². The molecule has 0 aromatic heterocycles. The lowest BCUT2D eigenvalue weighted by atomic mass is 9.96. The van der Waals surface area contributed by atoms with E-state index in [1.54, 1.807) is 0 Å². The summed E-state index contributed by atoms with van der Waals surface area (Å²) in [7, 11) is 2.14. The van der Waals surface area contributed by atoms with Crippen LogP contribution in [0.25, 0.3) is 0 Å². The highest BCUT2D eigenvalue weighted by molar-refractivity contribution is 5.56. The second-order valence-electron chi connectivity index (χ2n) is 4.14. The fraction of sp³-hybridized carbons (Fsp3) is 0.455. The van der Waals surface area contributed by atoms with Crippen LogP contribution in [0, 0.1) is 0 Å². The molecule has 0 aliphatic carbocycles. The van der Waals surface area contributed by atoms with Crippen LogP contribution in [0.15, 0.2) is 18.2 Å². The third-order valence-electron chi connectivity index (χ3n) is 2.94. The number of nitrogens with zero attached hydrogens (tertiary/aromatic N) is 1. The molecule has 1 unspecified atom stereocenters. The average Bonchev–Trinajstić information content (AvgIpc) is 2.56. The Kier molecular flexibility index (Phi) is 2.33. The number of likely N-dealkylation sites (N-methyl/N-ethyl adjacent to an activating group) is 1. The predicted molar refractivity (Wildman–Crippen MR) is 60.1 cm³/mol. The van der Waals surface area contributed by atoms with Gasteiger partial charge in [0.05, 0.1) is 0 Å². The van der Waals surface area contributed by atoms with Crippen molar-refractivity contribution < 1.29 is 0 Å². The lowest BCUT2D eigenvalue weighted by molar-refractivity contribution is 0.411. The minimum Gasteiger partial charge on any atom is -0.399 e. The summed E-state index contributed by atoms with van der Waals surface area (Å²) in [6.07, 6.45) is 1.18. The molecule has 1 aliphatic rings. The Bertz CT molecular complexity index is 335. The molecule has 1 fully saturated rings. The van der Waals surface area contributed by atoms with E-state index in [4.69, 9.17) is 11.5 Å². The molecule has 76 valence electrons. The van der Waals surface area contributed by atoms with Gasteiger partial charge in [-0.15, -0.1) is 0 Å². The molecule has 2 rings (SSSR count). The zero-order valence-electron chi connectivity index (χ0n) is 8.53. The van der Waals surface area contributed by atoms with E-state index in [9.17, 15) is 0 Å². The number of nitrogen functional groups attached to an aromatic ring is 2. The van der Waals surface area contributed by atoms with Crippen LogP contribution in [-0.2, 0) is 0 Å². The van der Waals surface area contributed by atoms with Crippen LogP contribution in [0.3, 0.4) is 0 Å². The van der Waals surface area contributed by atoms with Gasteiger partial charge in [0.1, 0.15) is 0 Å². The Morgan fingerprint density at radius 3 is 2.79 bits per heavy atom. The Labute approximate surface area is 84.7 Å². The molecular weight excluding hydrogens is 174 g/mol. The molecule has 14 heavy (non-hydrogen) atoms. The number of hydrogen-bond donors (Lipinski definition) is 2. The van der Waals surface area contributed by atoms with Crippen molar-refractivity contribution >= 4 is 11.4 Å². The van der Waals surface area contributed by atoms with Crippen molar-refractivity contribution in [3.05, 3.63) is 23.8 Å². The van der Waals surface area contributed by atoms with Gasteiger partial charge >= 0.3 is 0 Å². The first kappa shape index (κ1) is 9.34. The molecule has 0 amide bonds. The fourth-order valence-electron chi connectivity index (χ4n) is 2.14. The highest BCUT2D eigenvalue weighted by Gasteiger charge is 2.22. The van der Waals surface area contributed by atoms with Crippen LogP contribution in [0.5, 0.6) is 0 Å². The Morgan fingerprint density at radius 1 is 1.36 bits per heavy atom. The third-order valence-corrected chi connectivity index (χ3v) is 2.94. The highest BCUT2D eigenvalue weighted by Crippen LogP contribution is 2.31. The maximum atomic E-state index is 5.94. The summed E-state index contributed by atoms with van der Waals surface area (Å²) in [5, 5.41) is 0. The standard InChI is InChI=1S/C11H17N3/c1-14-5-4-8(7-14)10-6-9(12)2-3-11(10)13/h2-3,6,8H,4-5,7,12-13H2,1H3. The van der Waals surface area contributed by atoms with E-state index in [2.05, 4.69) is 11.9 Å². The van der Waals surface area contributed by atoms with Gasteiger partial charge in [-0.1, -0.05) is 0 Å². The van der Waals surface area contributed by atoms with Gasteiger partial charge in [-0.05, 0) is 49.7 Å². The molecule has 4 N–H and O–H groups in total. The fourth-order valence-corrected chi connectivity index (χ4v) is 2.14. The van der Waals surface area contributed by atoms with E-state index >= 15 is 0 Å². The molecule has 3 heteroatoms. The largest absolute Gasteiger partial charge is 0.399 e. The van der Waals surface area contributed by atoms with Crippen LogP contribution < -0.4 is 11.5 Å². The number of anilines is 2. The van der Waals surface area contributed by atoms with E-state index in [1.165, 1.54) is 12.0 Å². The first-order chi connectivity index (χ1) is 6.66. The highest BCUT2D eigenvalue weighted by atomic mass is 15.1. The normalized spacial score (nSPS) is 22.8. The van der Waals surface area contributed by atoms with Crippen LogP contribution in [0.1, 0.15) is 17.9 Å². The predicted octanol–water partition coefficient (Wildman–Crippen LogP) is 1.27. The molecule has 0 saturated carbocycles. The van der Waals surface area contributed by atoms with Crippen molar-refractivity contribution in [2.24, 2.45) is 0 Å². The number of hydrogen-bond acceptors (Lipinski definition) is 3. The molecule has 1 aliphatic heterocycles. The monoisotopic (exact) mass is 191 g/mol. The van der Waals surface area contributed by atoms with Gasteiger partial charge in [-0.2, -0.15) is 0 Å². The van der Waals surface area contributed by atoms with E-state index in [0.29, 0.717) is 5.92 Å². The molecule has 1 aromatic rings. The molecule has 1 aromatic carbocycles. The molecule has 0 radical (unpaired) electrons. The summed E-state index contributed by atoms with van der Waals surface area (Å²) in [5.74, 6) is 0.559. The van der Waals surface area contributed by atoms with E-state index in [1.807, 2.05) is 18.2 Å². The topological polar surface area (TPSA) is 55.3 Å². The molecule has 1 saturated heterocycles. The quantitative estimate of drug-likeness (QED) is 0.657. The minimum atomic E-state index is 0.559. The van der Waals surface area contributed by atoms with Gasteiger partial charge in [-0.3, -0.25) is 0 Å². The van der Waals surface area contributed by atoms with Gasteiger partial charge in [0.2, 0.25) is 0 Å². The maximum Gasteiger partial charge on any atom is 0.0351 e. The Hall–Kier alpha value is -1.22. The van der Waals surface area contributed by atoms with E-state index in [-0.39, 0.29) is 0 Å². The second-order valence-corrected chi connectivity index (χ2v) is 4.14. The summed E-state index contributed by atoms with van der Waals surface area (Å²) in [6.45, 7) is 2.24. The smallest absolute Gasteiger partial charge is 0.0351 e.